The van der Waals surface area contributed by atoms with Crippen LogP contribution >= 0.6 is 11.3 Å². The molecule has 1 atom stereocenters. The van der Waals surface area contributed by atoms with Crippen molar-refractivity contribution in [2.45, 2.75) is 32.7 Å². The predicted octanol–water partition coefficient (Wildman–Crippen LogP) is 2.40. The van der Waals surface area contributed by atoms with E-state index in [2.05, 4.69) is 22.4 Å². The summed E-state index contributed by atoms with van der Waals surface area (Å²) < 4.78 is 0. The molecule has 3 rings (SSSR count). The SMILES string of the molecule is Cc1ccc(-c2nc(CC(=O)N3CCCNC(=O)[C@@H]3C)cs2)cc1. The average molecular weight is 343 g/mol. The third kappa shape index (κ3) is 3.64. The minimum absolute atomic E-state index is 0.0414. The molecule has 1 aliphatic heterocycles. The highest BCUT2D eigenvalue weighted by Crippen LogP contribution is 2.24. The number of aromatic nitrogens is 1. The standard InChI is InChI=1S/C18H21N3O2S/c1-12-4-6-14(7-5-12)18-20-15(11-24-18)10-16(22)21-9-3-8-19-17(23)13(21)2/h4-7,11,13H,3,8-10H2,1-2H3,(H,19,23)/t13-/m0/s1. The maximum atomic E-state index is 12.6. The highest BCUT2D eigenvalue weighted by Gasteiger charge is 2.28. The van der Waals surface area contributed by atoms with Crippen molar-refractivity contribution >= 4 is 23.2 Å². The maximum absolute atomic E-state index is 12.6. The number of nitrogens with zero attached hydrogens (tertiary/aromatic N) is 2. The Hall–Kier alpha value is -2.21. The van der Waals surface area contributed by atoms with Crippen LogP contribution in [0.15, 0.2) is 29.6 Å². The van der Waals surface area contributed by atoms with Gasteiger partial charge in [-0.25, -0.2) is 4.98 Å². The van der Waals surface area contributed by atoms with Gasteiger partial charge in [0, 0.05) is 24.0 Å². The summed E-state index contributed by atoms with van der Waals surface area (Å²) in [6, 6.07) is 7.77. The van der Waals surface area contributed by atoms with Crippen LogP contribution in [0, 0.1) is 6.92 Å². The average Bonchev–Trinajstić information content (AvgIpc) is 2.96. The van der Waals surface area contributed by atoms with E-state index in [1.807, 2.05) is 24.4 Å². The molecule has 1 saturated heterocycles. The number of thiazole rings is 1. The lowest BCUT2D eigenvalue weighted by atomic mass is 10.1. The first kappa shape index (κ1) is 16.6. The second-order valence-corrected chi connectivity index (χ2v) is 6.95. The third-order valence-corrected chi connectivity index (χ3v) is 5.17. The van der Waals surface area contributed by atoms with Crippen LogP contribution in [0.3, 0.4) is 0 Å². The Morgan fingerprint density at radius 1 is 1.38 bits per heavy atom. The van der Waals surface area contributed by atoms with E-state index in [9.17, 15) is 9.59 Å². The number of carbonyl (C=O) groups excluding carboxylic acids is 2. The molecule has 1 aliphatic rings. The largest absolute Gasteiger partial charge is 0.354 e. The van der Waals surface area contributed by atoms with E-state index >= 15 is 0 Å². The summed E-state index contributed by atoms with van der Waals surface area (Å²) in [6.07, 6.45) is 1.02. The molecule has 1 aromatic heterocycles. The van der Waals surface area contributed by atoms with E-state index in [-0.39, 0.29) is 18.2 Å². The van der Waals surface area contributed by atoms with E-state index in [1.165, 1.54) is 5.56 Å². The lowest BCUT2D eigenvalue weighted by Gasteiger charge is -2.25. The number of benzene rings is 1. The van der Waals surface area contributed by atoms with Crippen LogP contribution in [0.1, 0.15) is 24.6 Å². The van der Waals surface area contributed by atoms with Crippen molar-refractivity contribution in [1.29, 1.82) is 0 Å². The van der Waals surface area contributed by atoms with E-state index in [0.717, 1.165) is 22.7 Å². The first-order valence-corrected chi connectivity index (χ1v) is 9.01. The first-order chi connectivity index (χ1) is 11.5. The van der Waals surface area contributed by atoms with E-state index in [4.69, 9.17) is 0 Å². The quantitative estimate of drug-likeness (QED) is 0.931. The molecule has 2 aromatic rings. The number of carbonyl (C=O) groups is 2. The molecule has 2 amide bonds. The summed E-state index contributed by atoms with van der Waals surface area (Å²) >= 11 is 1.54. The van der Waals surface area contributed by atoms with Gasteiger partial charge in [-0.3, -0.25) is 9.59 Å². The molecule has 0 radical (unpaired) electrons. The molecule has 5 nitrogen and oxygen atoms in total. The highest BCUT2D eigenvalue weighted by molar-refractivity contribution is 7.13. The van der Waals surface area contributed by atoms with Gasteiger partial charge in [0.25, 0.3) is 0 Å². The van der Waals surface area contributed by atoms with Gasteiger partial charge in [-0.1, -0.05) is 29.8 Å². The van der Waals surface area contributed by atoms with Crippen molar-refractivity contribution < 1.29 is 9.59 Å². The molecular weight excluding hydrogens is 322 g/mol. The van der Waals surface area contributed by atoms with Crippen LogP contribution in [0.25, 0.3) is 10.6 Å². The Kier molecular flexibility index (Phi) is 4.94. The monoisotopic (exact) mass is 343 g/mol. The fourth-order valence-electron chi connectivity index (χ4n) is 2.76. The third-order valence-electron chi connectivity index (χ3n) is 4.22. The summed E-state index contributed by atoms with van der Waals surface area (Å²) in [4.78, 5) is 30.7. The Bertz CT molecular complexity index is 739. The fraction of sp³-hybridized carbons (Fsp3) is 0.389. The minimum atomic E-state index is -0.421. The number of hydrogen-bond acceptors (Lipinski definition) is 4. The molecule has 0 unspecified atom stereocenters. The van der Waals surface area contributed by atoms with E-state index in [1.54, 1.807) is 23.2 Å². The van der Waals surface area contributed by atoms with Gasteiger partial charge in [-0.15, -0.1) is 11.3 Å². The lowest BCUT2D eigenvalue weighted by molar-refractivity contribution is -0.138. The van der Waals surface area contributed by atoms with Crippen LogP contribution < -0.4 is 5.32 Å². The number of aryl methyl sites for hydroxylation is 1. The molecule has 1 fully saturated rings. The lowest BCUT2D eigenvalue weighted by Crippen LogP contribution is -2.45. The molecule has 2 heterocycles. The van der Waals surface area contributed by atoms with Gasteiger partial charge in [0.2, 0.25) is 11.8 Å². The molecule has 0 bridgehead atoms. The van der Waals surface area contributed by atoms with Crippen molar-refractivity contribution in [2.24, 2.45) is 0 Å². The Balaban J connectivity index is 1.70. The molecule has 0 aliphatic carbocycles. The van der Waals surface area contributed by atoms with Crippen molar-refractivity contribution in [3.63, 3.8) is 0 Å². The molecule has 6 heteroatoms. The second-order valence-electron chi connectivity index (χ2n) is 6.09. The zero-order valence-corrected chi connectivity index (χ0v) is 14.7. The topological polar surface area (TPSA) is 62.3 Å². The molecule has 1 aromatic carbocycles. The van der Waals surface area contributed by atoms with Crippen LogP contribution in [-0.4, -0.2) is 40.8 Å². The van der Waals surface area contributed by atoms with Crippen LogP contribution in [0.5, 0.6) is 0 Å². The summed E-state index contributed by atoms with van der Waals surface area (Å²) in [5.74, 6) is -0.125. The van der Waals surface area contributed by atoms with Gasteiger partial charge >= 0.3 is 0 Å². The molecule has 1 N–H and O–H groups in total. The molecule has 0 saturated carbocycles. The maximum Gasteiger partial charge on any atom is 0.242 e. The molecular formula is C18H21N3O2S. The van der Waals surface area contributed by atoms with Gasteiger partial charge in [0.15, 0.2) is 0 Å². The molecule has 126 valence electrons. The smallest absolute Gasteiger partial charge is 0.242 e. The van der Waals surface area contributed by atoms with Gasteiger partial charge in [0.05, 0.1) is 12.1 Å². The molecule has 0 spiro atoms. The van der Waals surface area contributed by atoms with Gasteiger partial charge < -0.3 is 10.2 Å². The van der Waals surface area contributed by atoms with Crippen molar-refractivity contribution in [3.05, 3.63) is 40.9 Å². The van der Waals surface area contributed by atoms with E-state index < -0.39 is 6.04 Å². The zero-order valence-electron chi connectivity index (χ0n) is 13.9. The number of hydrogen-bond donors (Lipinski definition) is 1. The van der Waals surface area contributed by atoms with Crippen LogP contribution in [0.4, 0.5) is 0 Å². The minimum Gasteiger partial charge on any atom is -0.354 e. The second kappa shape index (κ2) is 7.13. The highest BCUT2D eigenvalue weighted by atomic mass is 32.1. The number of rotatable bonds is 3. The summed E-state index contributed by atoms with van der Waals surface area (Å²) in [6.45, 7) is 5.06. The van der Waals surface area contributed by atoms with Gasteiger partial charge in [-0.05, 0) is 20.3 Å². The summed E-state index contributed by atoms with van der Waals surface area (Å²) in [5.41, 5.74) is 3.03. The van der Waals surface area contributed by atoms with Gasteiger partial charge in [0.1, 0.15) is 11.0 Å². The van der Waals surface area contributed by atoms with Crippen molar-refractivity contribution in [3.8, 4) is 10.6 Å². The van der Waals surface area contributed by atoms with Crippen molar-refractivity contribution in [1.82, 2.24) is 15.2 Å². The summed E-state index contributed by atoms with van der Waals surface area (Å²) in [5, 5.41) is 5.67. The summed E-state index contributed by atoms with van der Waals surface area (Å²) in [7, 11) is 0. The van der Waals surface area contributed by atoms with Crippen LogP contribution in [-0.2, 0) is 16.0 Å². The fourth-order valence-corrected chi connectivity index (χ4v) is 3.58. The zero-order chi connectivity index (χ0) is 17.1. The first-order valence-electron chi connectivity index (χ1n) is 8.13. The predicted molar refractivity (Wildman–Crippen MR) is 94.8 cm³/mol. The number of amides is 2. The molecule has 24 heavy (non-hydrogen) atoms. The Morgan fingerprint density at radius 3 is 2.88 bits per heavy atom. The number of nitrogens with one attached hydrogen (secondary N) is 1. The van der Waals surface area contributed by atoms with Crippen LogP contribution in [0.2, 0.25) is 0 Å². The normalized spacial score (nSPS) is 18.2. The van der Waals surface area contributed by atoms with Gasteiger partial charge in [-0.2, -0.15) is 0 Å². The van der Waals surface area contributed by atoms with Crippen molar-refractivity contribution in [2.75, 3.05) is 13.1 Å². The Morgan fingerprint density at radius 2 is 2.12 bits per heavy atom. The van der Waals surface area contributed by atoms with E-state index in [0.29, 0.717) is 13.1 Å². The Labute approximate surface area is 145 Å².